The van der Waals surface area contributed by atoms with Crippen molar-refractivity contribution in [2.75, 3.05) is 18.0 Å². The molecule has 8 nitrogen and oxygen atoms in total. The Morgan fingerprint density at radius 2 is 2.00 bits per heavy atom. The van der Waals surface area contributed by atoms with Gasteiger partial charge in [-0.3, -0.25) is 14.8 Å². The van der Waals surface area contributed by atoms with Crippen molar-refractivity contribution in [1.29, 1.82) is 0 Å². The molecule has 2 aromatic rings. The smallest absolute Gasteiger partial charge is 0.277 e. The summed E-state index contributed by atoms with van der Waals surface area (Å²) in [5.41, 5.74) is 2.81. The number of hydrogen-bond acceptors (Lipinski definition) is 7. The number of nitrogens with one attached hydrogen (secondary N) is 2. The zero-order chi connectivity index (χ0) is 17.4. The summed E-state index contributed by atoms with van der Waals surface area (Å²) in [6, 6.07) is 2.21. The summed E-state index contributed by atoms with van der Waals surface area (Å²) in [4.78, 5) is 33.7. The first kappa shape index (κ1) is 16.0. The van der Waals surface area contributed by atoms with Gasteiger partial charge in [0.25, 0.3) is 5.91 Å². The van der Waals surface area contributed by atoms with Crippen molar-refractivity contribution in [2.24, 2.45) is 11.8 Å². The van der Waals surface area contributed by atoms with E-state index in [1.165, 1.54) is 12.4 Å². The second-order valence-corrected chi connectivity index (χ2v) is 7.13. The van der Waals surface area contributed by atoms with E-state index in [1.54, 1.807) is 16.8 Å². The van der Waals surface area contributed by atoms with Crippen molar-refractivity contribution in [3.8, 4) is 0 Å². The van der Waals surface area contributed by atoms with Gasteiger partial charge < -0.3 is 10.2 Å². The fraction of sp³-hybridized carbons (Fsp3) is 0.375. The van der Waals surface area contributed by atoms with Crippen LogP contribution in [0.2, 0.25) is 0 Å². The molecule has 1 aliphatic heterocycles. The Morgan fingerprint density at radius 1 is 1.28 bits per heavy atom. The highest BCUT2D eigenvalue weighted by molar-refractivity contribution is 7.08. The number of anilines is 1. The number of amides is 2. The van der Waals surface area contributed by atoms with Crippen LogP contribution in [0.3, 0.4) is 0 Å². The lowest BCUT2D eigenvalue weighted by Gasteiger charge is -2.20. The summed E-state index contributed by atoms with van der Waals surface area (Å²) in [6.07, 6.45) is 3.20. The van der Waals surface area contributed by atoms with E-state index < -0.39 is 5.91 Å². The monoisotopic (exact) mass is 359 g/mol. The number of aromatic nitrogens is 2. The normalized spacial score (nSPS) is 23.9. The van der Waals surface area contributed by atoms with Gasteiger partial charge in [0.1, 0.15) is 0 Å². The fourth-order valence-corrected chi connectivity index (χ4v) is 4.05. The molecular weight excluding hydrogens is 342 g/mol. The quantitative estimate of drug-likeness (QED) is 0.529. The van der Waals surface area contributed by atoms with E-state index in [0.717, 1.165) is 18.7 Å². The fourth-order valence-electron chi connectivity index (χ4n) is 3.39. The van der Waals surface area contributed by atoms with Gasteiger partial charge in [-0.15, -0.1) is 0 Å². The third kappa shape index (κ3) is 3.20. The van der Waals surface area contributed by atoms with Crippen LogP contribution in [0.25, 0.3) is 0 Å². The van der Waals surface area contributed by atoms with Crippen molar-refractivity contribution in [3.05, 3.63) is 40.3 Å². The Bertz CT molecular complexity index is 768. The molecule has 2 amide bonds. The van der Waals surface area contributed by atoms with Crippen LogP contribution < -0.4 is 15.7 Å². The summed E-state index contributed by atoms with van der Waals surface area (Å²) in [7, 11) is 0. The Balaban J connectivity index is 1.29. The van der Waals surface area contributed by atoms with Gasteiger partial charge in [-0.2, -0.15) is 11.3 Å². The highest BCUT2D eigenvalue weighted by Crippen LogP contribution is 2.46. The lowest BCUT2D eigenvalue weighted by atomic mass is 10.2. The molecule has 2 aromatic heterocycles. The van der Waals surface area contributed by atoms with Crippen molar-refractivity contribution in [1.82, 2.24) is 20.8 Å². The van der Waals surface area contributed by atoms with E-state index in [9.17, 15) is 9.59 Å². The zero-order valence-corrected chi connectivity index (χ0v) is 14.1. The number of fused-ring (bicyclic) bond motifs is 1. The van der Waals surface area contributed by atoms with Gasteiger partial charge >= 0.3 is 0 Å². The average Bonchev–Trinajstić information content (AvgIpc) is 3.06. The molecule has 0 aromatic carbocycles. The van der Waals surface area contributed by atoms with Gasteiger partial charge in [0.05, 0.1) is 12.0 Å². The molecule has 2 unspecified atom stereocenters. The van der Waals surface area contributed by atoms with Gasteiger partial charge in [-0.1, -0.05) is 0 Å². The number of hydroxylamine groups is 1. The number of thiophene rings is 1. The third-order valence-corrected chi connectivity index (χ3v) is 5.48. The first-order valence-electron chi connectivity index (χ1n) is 7.97. The minimum Gasteiger partial charge on any atom is -0.352 e. The molecule has 2 atom stereocenters. The number of piperidine rings is 1. The summed E-state index contributed by atoms with van der Waals surface area (Å²) in [5, 5.41) is 15.7. The second-order valence-electron chi connectivity index (χ2n) is 6.35. The predicted octanol–water partition coefficient (Wildman–Crippen LogP) is 0.451. The average molecular weight is 359 g/mol. The highest BCUT2D eigenvalue weighted by Gasteiger charge is 2.56. The first-order chi connectivity index (χ1) is 12.2. The Morgan fingerprint density at radius 3 is 2.60 bits per heavy atom. The van der Waals surface area contributed by atoms with Gasteiger partial charge in [-0.25, -0.2) is 15.4 Å². The topological polar surface area (TPSA) is 107 Å². The van der Waals surface area contributed by atoms with Crippen LogP contribution in [0.4, 0.5) is 5.95 Å². The van der Waals surface area contributed by atoms with E-state index in [4.69, 9.17) is 5.21 Å². The SMILES string of the molecule is O=C(Cc1ccsc1)NC1C2CN(c3ncc(C(=O)NO)cn3)CC21. The highest BCUT2D eigenvalue weighted by atomic mass is 32.1. The Labute approximate surface area is 147 Å². The maximum Gasteiger partial charge on any atom is 0.277 e. The molecule has 1 aliphatic carbocycles. The molecule has 1 saturated heterocycles. The lowest BCUT2D eigenvalue weighted by Crippen LogP contribution is -2.36. The third-order valence-electron chi connectivity index (χ3n) is 4.75. The standard InChI is InChI=1S/C16H17N5O3S/c22-13(3-9-1-2-25-8-9)19-14-11-6-21(7-12(11)14)16-17-4-10(5-18-16)15(23)20-24/h1-2,4-5,8,11-12,14,24H,3,6-7H2,(H,19,22)(H,20,23). The van der Waals surface area contributed by atoms with Crippen molar-refractivity contribution >= 4 is 29.1 Å². The maximum atomic E-state index is 12.1. The molecule has 2 fully saturated rings. The van der Waals surface area contributed by atoms with Gasteiger partial charge in [0, 0.05) is 43.4 Å². The predicted molar refractivity (Wildman–Crippen MR) is 90.4 cm³/mol. The molecule has 130 valence electrons. The number of nitrogens with zero attached hydrogens (tertiary/aromatic N) is 3. The molecule has 1 saturated carbocycles. The van der Waals surface area contributed by atoms with E-state index in [0.29, 0.717) is 24.2 Å². The van der Waals surface area contributed by atoms with Crippen LogP contribution in [0.5, 0.6) is 0 Å². The Kier molecular flexibility index (Phi) is 4.10. The van der Waals surface area contributed by atoms with Crippen LogP contribution >= 0.6 is 11.3 Å². The molecule has 4 rings (SSSR count). The maximum absolute atomic E-state index is 12.1. The van der Waals surface area contributed by atoms with Crippen molar-refractivity contribution in [3.63, 3.8) is 0 Å². The van der Waals surface area contributed by atoms with Crippen LogP contribution in [0, 0.1) is 11.8 Å². The van der Waals surface area contributed by atoms with E-state index in [1.807, 2.05) is 16.8 Å². The molecule has 3 heterocycles. The Hall–Kier alpha value is -2.52. The lowest BCUT2D eigenvalue weighted by molar-refractivity contribution is -0.120. The number of carbonyl (C=O) groups is 2. The van der Waals surface area contributed by atoms with Crippen molar-refractivity contribution < 1.29 is 14.8 Å². The summed E-state index contributed by atoms with van der Waals surface area (Å²) < 4.78 is 0. The van der Waals surface area contributed by atoms with Gasteiger partial charge in [0.15, 0.2) is 0 Å². The molecule has 9 heteroatoms. The van der Waals surface area contributed by atoms with Crippen LogP contribution in [-0.2, 0) is 11.2 Å². The minimum atomic E-state index is -0.635. The van der Waals surface area contributed by atoms with Crippen LogP contribution in [0.1, 0.15) is 15.9 Å². The van der Waals surface area contributed by atoms with E-state index >= 15 is 0 Å². The molecular formula is C16H17N5O3S. The molecule has 0 radical (unpaired) electrons. The summed E-state index contributed by atoms with van der Waals surface area (Å²) in [6.45, 7) is 1.58. The van der Waals surface area contributed by atoms with E-state index in [2.05, 4.69) is 20.2 Å². The number of carbonyl (C=O) groups excluding carboxylic acids is 2. The van der Waals surface area contributed by atoms with Gasteiger partial charge in [0.2, 0.25) is 11.9 Å². The summed E-state index contributed by atoms with van der Waals surface area (Å²) >= 11 is 1.60. The molecule has 3 N–H and O–H groups in total. The van der Waals surface area contributed by atoms with Crippen molar-refractivity contribution in [2.45, 2.75) is 12.5 Å². The zero-order valence-electron chi connectivity index (χ0n) is 13.3. The van der Waals surface area contributed by atoms with Gasteiger partial charge in [-0.05, 0) is 22.4 Å². The minimum absolute atomic E-state index is 0.0694. The summed E-state index contributed by atoms with van der Waals surface area (Å²) in [5.74, 6) is 0.847. The van der Waals surface area contributed by atoms with Crippen LogP contribution in [-0.4, -0.2) is 46.1 Å². The number of hydrogen-bond donors (Lipinski definition) is 3. The largest absolute Gasteiger partial charge is 0.352 e. The molecule has 0 bridgehead atoms. The first-order valence-corrected chi connectivity index (χ1v) is 8.92. The number of rotatable bonds is 5. The molecule has 2 aliphatic rings. The van der Waals surface area contributed by atoms with E-state index in [-0.39, 0.29) is 17.5 Å². The van der Waals surface area contributed by atoms with Crippen LogP contribution in [0.15, 0.2) is 29.2 Å². The molecule has 25 heavy (non-hydrogen) atoms. The second kappa shape index (κ2) is 6.41. The molecule has 0 spiro atoms.